The molecule has 0 aliphatic rings. The van der Waals surface area contributed by atoms with Crippen LogP contribution in [0, 0.1) is 6.92 Å². The molecule has 0 aliphatic carbocycles. The van der Waals surface area contributed by atoms with E-state index in [2.05, 4.69) is 40.0 Å². The van der Waals surface area contributed by atoms with E-state index in [-0.39, 0.29) is 5.91 Å². The zero-order valence-corrected chi connectivity index (χ0v) is 16.0. The van der Waals surface area contributed by atoms with Crippen LogP contribution in [0.25, 0.3) is 10.6 Å². The molecular weight excluding hydrogens is 392 g/mol. The second-order valence-corrected chi connectivity index (χ2v) is 8.07. The van der Waals surface area contributed by atoms with Gasteiger partial charge in [-0.25, -0.2) is 4.98 Å². The summed E-state index contributed by atoms with van der Waals surface area (Å²) < 4.78 is 1.05. The van der Waals surface area contributed by atoms with Crippen LogP contribution < -0.4 is 0 Å². The van der Waals surface area contributed by atoms with Gasteiger partial charge in [0, 0.05) is 32.7 Å². The lowest BCUT2D eigenvalue weighted by Gasteiger charge is -2.14. The first-order valence-corrected chi connectivity index (χ1v) is 9.59. The number of carbonyl (C=O) groups excluding carboxylic acids is 1. The first-order chi connectivity index (χ1) is 11.0. The first-order valence-electron chi connectivity index (χ1n) is 7.04. The van der Waals surface area contributed by atoms with Crippen molar-refractivity contribution in [3.8, 4) is 10.6 Å². The molecule has 0 saturated carbocycles. The van der Waals surface area contributed by atoms with E-state index in [4.69, 9.17) is 0 Å². The van der Waals surface area contributed by atoms with Crippen molar-refractivity contribution in [2.75, 3.05) is 7.05 Å². The van der Waals surface area contributed by atoms with E-state index in [9.17, 15) is 4.79 Å². The van der Waals surface area contributed by atoms with Crippen LogP contribution in [-0.2, 0) is 6.54 Å². The number of thiophene rings is 1. The molecule has 0 saturated heterocycles. The highest BCUT2D eigenvalue weighted by Gasteiger charge is 2.17. The van der Waals surface area contributed by atoms with Gasteiger partial charge in [0.05, 0.1) is 6.54 Å². The normalized spacial score (nSPS) is 10.7. The van der Waals surface area contributed by atoms with Gasteiger partial charge in [-0.1, -0.05) is 29.8 Å². The van der Waals surface area contributed by atoms with Gasteiger partial charge in [0.15, 0.2) is 0 Å². The fourth-order valence-electron chi connectivity index (χ4n) is 2.14. The fourth-order valence-corrected chi connectivity index (χ4v) is 4.44. The van der Waals surface area contributed by atoms with Crippen molar-refractivity contribution in [1.82, 2.24) is 9.88 Å². The Morgan fingerprint density at radius 1 is 1.22 bits per heavy atom. The molecule has 0 bridgehead atoms. The second kappa shape index (κ2) is 6.95. The van der Waals surface area contributed by atoms with Crippen molar-refractivity contribution in [3.05, 3.63) is 61.7 Å². The second-order valence-electron chi connectivity index (χ2n) is 5.30. The van der Waals surface area contributed by atoms with Crippen molar-refractivity contribution >= 4 is 44.5 Å². The zero-order valence-electron chi connectivity index (χ0n) is 12.7. The molecule has 6 heteroatoms. The van der Waals surface area contributed by atoms with Gasteiger partial charge in [0.1, 0.15) is 10.7 Å². The highest BCUT2D eigenvalue weighted by atomic mass is 79.9. The number of amides is 1. The molecule has 0 radical (unpaired) electrons. The number of aryl methyl sites for hydroxylation is 1. The van der Waals surface area contributed by atoms with Crippen molar-refractivity contribution < 1.29 is 4.79 Å². The van der Waals surface area contributed by atoms with E-state index in [1.807, 2.05) is 29.0 Å². The number of halogens is 1. The van der Waals surface area contributed by atoms with Crippen molar-refractivity contribution in [2.45, 2.75) is 13.5 Å². The Morgan fingerprint density at radius 3 is 2.61 bits per heavy atom. The van der Waals surface area contributed by atoms with Gasteiger partial charge in [-0.15, -0.1) is 22.7 Å². The summed E-state index contributed by atoms with van der Waals surface area (Å²) in [5.41, 5.74) is 2.76. The Labute approximate surface area is 151 Å². The largest absolute Gasteiger partial charge is 0.335 e. The maximum absolute atomic E-state index is 12.5. The summed E-state index contributed by atoms with van der Waals surface area (Å²) in [5.74, 6) is -0.0517. The summed E-state index contributed by atoms with van der Waals surface area (Å²) in [6.45, 7) is 2.64. The molecule has 118 valence electrons. The lowest BCUT2D eigenvalue weighted by Crippen LogP contribution is -2.26. The minimum atomic E-state index is -0.0517. The Kier molecular flexibility index (Phi) is 4.94. The molecular formula is C17H15BrN2OS2. The summed E-state index contributed by atoms with van der Waals surface area (Å²) in [5, 5.41) is 4.73. The van der Waals surface area contributed by atoms with Crippen molar-refractivity contribution in [3.63, 3.8) is 0 Å². The molecule has 3 aromatic rings. The third-order valence-electron chi connectivity index (χ3n) is 3.38. The topological polar surface area (TPSA) is 33.2 Å². The first kappa shape index (κ1) is 16.4. The molecule has 23 heavy (non-hydrogen) atoms. The number of hydrogen-bond acceptors (Lipinski definition) is 4. The summed E-state index contributed by atoms with van der Waals surface area (Å²) in [4.78, 5) is 19.9. The fraction of sp³-hybridized carbons (Fsp3) is 0.176. The summed E-state index contributed by atoms with van der Waals surface area (Å²) in [6, 6.07) is 10.2. The lowest BCUT2D eigenvalue weighted by atomic mass is 10.2. The van der Waals surface area contributed by atoms with E-state index in [1.165, 1.54) is 16.9 Å². The number of aromatic nitrogens is 1. The molecule has 2 heterocycles. The average molecular weight is 407 g/mol. The lowest BCUT2D eigenvalue weighted by molar-refractivity contribution is 0.0781. The molecule has 0 N–H and O–H groups in total. The molecule has 0 fully saturated rings. The molecule has 3 nitrogen and oxygen atoms in total. The molecule has 2 aromatic heterocycles. The maximum atomic E-state index is 12.5. The van der Waals surface area contributed by atoms with Gasteiger partial charge in [0.2, 0.25) is 0 Å². The molecule has 3 rings (SSSR count). The van der Waals surface area contributed by atoms with Crippen LogP contribution in [0.4, 0.5) is 0 Å². The number of rotatable bonds is 4. The SMILES string of the molecule is Cc1ccc(-c2nc(C(=O)N(C)Cc3cc(Br)cs3)cs2)cc1. The van der Waals surface area contributed by atoms with Gasteiger partial charge in [-0.05, 0) is 28.9 Å². The molecule has 1 amide bonds. The number of thiazole rings is 1. The van der Waals surface area contributed by atoms with Crippen LogP contribution >= 0.6 is 38.6 Å². The standard InChI is InChI=1S/C17H15BrN2OS2/c1-11-3-5-12(6-4-11)16-19-15(10-23-16)17(21)20(2)8-14-7-13(18)9-22-14/h3-7,9-10H,8H2,1-2H3. The minimum Gasteiger partial charge on any atom is -0.335 e. The molecule has 0 aliphatic heterocycles. The van der Waals surface area contributed by atoms with Gasteiger partial charge in [-0.3, -0.25) is 4.79 Å². The molecule has 0 unspecified atom stereocenters. The summed E-state index contributed by atoms with van der Waals surface area (Å²) in [6.07, 6.45) is 0. The summed E-state index contributed by atoms with van der Waals surface area (Å²) in [7, 11) is 1.81. The molecule has 0 atom stereocenters. The van der Waals surface area contributed by atoms with Gasteiger partial charge in [-0.2, -0.15) is 0 Å². The average Bonchev–Trinajstić information content (AvgIpc) is 3.16. The molecule has 0 spiro atoms. The van der Waals surface area contributed by atoms with E-state index in [0.717, 1.165) is 19.9 Å². The van der Waals surface area contributed by atoms with Crippen LogP contribution in [0.15, 0.2) is 45.6 Å². The minimum absolute atomic E-state index is 0.0517. The highest BCUT2D eigenvalue weighted by molar-refractivity contribution is 9.10. The number of hydrogen-bond donors (Lipinski definition) is 0. The number of carbonyl (C=O) groups is 1. The van der Waals surface area contributed by atoms with Crippen LogP contribution in [-0.4, -0.2) is 22.8 Å². The van der Waals surface area contributed by atoms with E-state index in [1.54, 1.807) is 23.3 Å². The van der Waals surface area contributed by atoms with Gasteiger partial charge < -0.3 is 4.90 Å². The van der Waals surface area contributed by atoms with E-state index in [0.29, 0.717) is 12.2 Å². The maximum Gasteiger partial charge on any atom is 0.273 e. The van der Waals surface area contributed by atoms with E-state index >= 15 is 0 Å². The number of benzene rings is 1. The van der Waals surface area contributed by atoms with Crippen molar-refractivity contribution in [2.24, 2.45) is 0 Å². The van der Waals surface area contributed by atoms with Gasteiger partial charge in [0.25, 0.3) is 5.91 Å². The summed E-state index contributed by atoms with van der Waals surface area (Å²) >= 11 is 6.57. The predicted octanol–water partition coefficient (Wildman–Crippen LogP) is 5.21. The third kappa shape index (κ3) is 3.88. The van der Waals surface area contributed by atoms with Crippen LogP contribution in [0.5, 0.6) is 0 Å². The van der Waals surface area contributed by atoms with E-state index < -0.39 is 0 Å². The van der Waals surface area contributed by atoms with Crippen LogP contribution in [0.1, 0.15) is 20.9 Å². The number of nitrogens with zero attached hydrogens (tertiary/aromatic N) is 2. The zero-order chi connectivity index (χ0) is 16.4. The monoisotopic (exact) mass is 406 g/mol. The third-order valence-corrected chi connectivity index (χ3v) is 5.96. The van der Waals surface area contributed by atoms with Crippen LogP contribution in [0.3, 0.4) is 0 Å². The smallest absolute Gasteiger partial charge is 0.273 e. The Morgan fingerprint density at radius 2 is 1.96 bits per heavy atom. The van der Waals surface area contributed by atoms with Crippen molar-refractivity contribution in [1.29, 1.82) is 0 Å². The van der Waals surface area contributed by atoms with Crippen LogP contribution in [0.2, 0.25) is 0 Å². The quantitative estimate of drug-likeness (QED) is 0.595. The Bertz CT molecular complexity index is 823. The highest BCUT2D eigenvalue weighted by Crippen LogP contribution is 2.25. The Balaban J connectivity index is 1.74. The predicted molar refractivity (Wildman–Crippen MR) is 100 cm³/mol. The Hall–Kier alpha value is -1.50. The van der Waals surface area contributed by atoms with Gasteiger partial charge >= 0.3 is 0 Å². The molecule has 1 aromatic carbocycles.